The summed E-state index contributed by atoms with van der Waals surface area (Å²) in [5.41, 5.74) is 4.53. The van der Waals surface area contributed by atoms with Gasteiger partial charge in [-0.2, -0.15) is 0 Å². The molecule has 1 aromatic heterocycles. The van der Waals surface area contributed by atoms with Crippen molar-refractivity contribution in [2.24, 2.45) is 0 Å². The van der Waals surface area contributed by atoms with Gasteiger partial charge in [0.25, 0.3) is 5.91 Å². The molecule has 0 spiro atoms. The summed E-state index contributed by atoms with van der Waals surface area (Å²) in [7, 11) is 0. The van der Waals surface area contributed by atoms with Crippen LogP contribution in [0.4, 0.5) is 5.69 Å². The number of benzene rings is 3. The van der Waals surface area contributed by atoms with Crippen LogP contribution in [0.15, 0.2) is 78.0 Å². The number of rotatable bonds is 10. The average molecular weight is 544 g/mol. The second-order valence-electron chi connectivity index (χ2n) is 8.69. The van der Waals surface area contributed by atoms with E-state index in [4.69, 9.17) is 4.74 Å². The number of aromatic nitrogens is 3. The number of aryl methyl sites for hydroxylation is 2. The molecular formula is C29H29N5O4S. The molecule has 39 heavy (non-hydrogen) atoms. The number of ether oxygens (including phenoxy) is 1. The molecule has 0 saturated carbocycles. The summed E-state index contributed by atoms with van der Waals surface area (Å²) < 4.78 is 6.81. The highest BCUT2D eigenvalue weighted by atomic mass is 32.2. The van der Waals surface area contributed by atoms with E-state index in [0.717, 1.165) is 16.8 Å². The molecule has 3 aromatic carbocycles. The lowest BCUT2D eigenvalue weighted by Crippen LogP contribution is -2.24. The van der Waals surface area contributed by atoms with Crippen LogP contribution < -0.4 is 10.6 Å². The maximum atomic E-state index is 12.8. The van der Waals surface area contributed by atoms with E-state index in [1.54, 1.807) is 37.3 Å². The lowest BCUT2D eigenvalue weighted by atomic mass is 10.1. The van der Waals surface area contributed by atoms with Crippen molar-refractivity contribution in [3.63, 3.8) is 0 Å². The fraction of sp³-hybridized carbons (Fsp3) is 0.207. The van der Waals surface area contributed by atoms with Crippen LogP contribution in [0.25, 0.3) is 5.69 Å². The summed E-state index contributed by atoms with van der Waals surface area (Å²) >= 11 is 1.23. The number of carbonyl (C=O) groups excluding carboxylic acids is 3. The Kier molecular flexibility index (Phi) is 9.11. The highest BCUT2D eigenvalue weighted by Gasteiger charge is 2.17. The average Bonchev–Trinajstić information content (AvgIpc) is 3.36. The van der Waals surface area contributed by atoms with Gasteiger partial charge in [0.05, 0.1) is 24.5 Å². The van der Waals surface area contributed by atoms with E-state index in [1.807, 2.05) is 60.9 Å². The molecule has 0 bridgehead atoms. The lowest BCUT2D eigenvalue weighted by Gasteiger charge is -2.11. The Morgan fingerprint density at radius 1 is 0.897 bits per heavy atom. The fourth-order valence-electron chi connectivity index (χ4n) is 3.72. The summed E-state index contributed by atoms with van der Waals surface area (Å²) in [4.78, 5) is 37.2. The van der Waals surface area contributed by atoms with Gasteiger partial charge in [-0.3, -0.25) is 14.2 Å². The molecule has 0 aliphatic carbocycles. The SMILES string of the molecule is CCOC(=O)c1ccc(NC(=O)CSc2nnc(CNC(=O)c3ccc(C)c(C)c3)n2-c2ccccc2)cc1. The molecular weight excluding hydrogens is 514 g/mol. The van der Waals surface area contributed by atoms with Crippen LogP contribution >= 0.6 is 11.8 Å². The van der Waals surface area contributed by atoms with Crippen molar-refractivity contribution in [3.05, 3.63) is 101 Å². The number of carbonyl (C=O) groups is 3. The molecule has 9 nitrogen and oxygen atoms in total. The van der Waals surface area contributed by atoms with Crippen molar-refractivity contribution in [1.82, 2.24) is 20.1 Å². The Labute approximate surface area is 231 Å². The molecule has 200 valence electrons. The standard InChI is InChI=1S/C29H29N5O4S/c1-4-38-28(37)21-12-14-23(15-13-21)31-26(35)18-39-29-33-32-25(34(29)24-8-6-5-7-9-24)17-30-27(36)22-11-10-19(2)20(3)16-22/h5-16H,4,17-18H2,1-3H3,(H,30,36)(H,31,35). The number of nitrogens with zero attached hydrogens (tertiary/aromatic N) is 3. The van der Waals surface area contributed by atoms with Crippen LogP contribution in [0.5, 0.6) is 0 Å². The quantitative estimate of drug-likeness (QED) is 0.220. The molecule has 4 aromatic rings. The first-order valence-corrected chi connectivity index (χ1v) is 13.4. The summed E-state index contributed by atoms with van der Waals surface area (Å²) in [5.74, 6) is -0.234. The van der Waals surface area contributed by atoms with Crippen molar-refractivity contribution >= 4 is 35.2 Å². The Balaban J connectivity index is 1.43. The van der Waals surface area contributed by atoms with Gasteiger partial charge in [-0.1, -0.05) is 36.0 Å². The molecule has 0 saturated heterocycles. The van der Waals surface area contributed by atoms with E-state index in [-0.39, 0.29) is 24.1 Å². The smallest absolute Gasteiger partial charge is 0.338 e. The molecule has 2 amide bonds. The number of para-hydroxylation sites is 1. The van der Waals surface area contributed by atoms with Crippen molar-refractivity contribution < 1.29 is 19.1 Å². The minimum absolute atomic E-state index is 0.0829. The van der Waals surface area contributed by atoms with Gasteiger partial charge in [-0.05, 0) is 80.4 Å². The predicted molar refractivity (Wildman–Crippen MR) is 150 cm³/mol. The van der Waals surface area contributed by atoms with Gasteiger partial charge in [-0.15, -0.1) is 10.2 Å². The van der Waals surface area contributed by atoms with Gasteiger partial charge in [0.15, 0.2) is 11.0 Å². The van der Waals surface area contributed by atoms with E-state index >= 15 is 0 Å². The van der Waals surface area contributed by atoms with Crippen LogP contribution in [-0.2, 0) is 16.1 Å². The maximum absolute atomic E-state index is 12.8. The summed E-state index contributed by atoms with van der Waals surface area (Å²) in [5, 5.41) is 14.8. The van der Waals surface area contributed by atoms with Gasteiger partial charge in [0, 0.05) is 16.9 Å². The van der Waals surface area contributed by atoms with Crippen molar-refractivity contribution in [2.45, 2.75) is 32.5 Å². The maximum Gasteiger partial charge on any atom is 0.338 e. The van der Waals surface area contributed by atoms with Crippen LogP contribution in [0, 0.1) is 13.8 Å². The van der Waals surface area contributed by atoms with Gasteiger partial charge in [0.1, 0.15) is 0 Å². The second-order valence-corrected chi connectivity index (χ2v) is 9.63. The number of hydrogen-bond acceptors (Lipinski definition) is 7. The first-order valence-electron chi connectivity index (χ1n) is 12.4. The minimum Gasteiger partial charge on any atom is -0.462 e. The number of nitrogens with one attached hydrogen (secondary N) is 2. The summed E-state index contributed by atoms with van der Waals surface area (Å²) in [6.07, 6.45) is 0. The molecule has 0 aliphatic rings. The van der Waals surface area contributed by atoms with E-state index in [2.05, 4.69) is 20.8 Å². The Hall–Kier alpha value is -4.44. The summed E-state index contributed by atoms with van der Waals surface area (Å²) in [6, 6.07) is 21.6. The highest BCUT2D eigenvalue weighted by Crippen LogP contribution is 2.23. The van der Waals surface area contributed by atoms with Crippen molar-refractivity contribution in [2.75, 3.05) is 17.7 Å². The third kappa shape index (κ3) is 7.11. The van der Waals surface area contributed by atoms with Gasteiger partial charge in [0.2, 0.25) is 5.91 Å². The predicted octanol–water partition coefficient (Wildman–Crippen LogP) is 4.72. The first kappa shape index (κ1) is 27.6. The van der Waals surface area contributed by atoms with Gasteiger partial charge < -0.3 is 15.4 Å². The van der Waals surface area contributed by atoms with Crippen molar-refractivity contribution in [1.29, 1.82) is 0 Å². The molecule has 0 atom stereocenters. The molecule has 4 rings (SSSR count). The summed E-state index contributed by atoms with van der Waals surface area (Å²) in [6.45, 7) is 6.17. The second kappa shape index (κ2) is 12.9. The zero-order chi connectivity index (χ0) is 27.8. The molecule has 0 radical (unpaired) electrons. The first-order chi connectivity index (χ1) is 18.9. The molecule has 0 unspecified atom stereocenters. The van der Waals surface area contributed by atoms with E-state index in [9.17, 15) is 14.4 Å². The Bertz CT molecular complexity index is 1470. The molecule has 0 fully saturated rings. The van der Waals surface area contributed by atoms with Crippen LogP contribution in [0.2, 0.25) is 0 Å². The third-order valence-electron chi connectivity index (χ3n) is 5.90. The molecule has 1 heterocycles. The minimum atomic E-state index is -0.410. The zero-order valence-corrected chi connectivity index (χ0v) is 22.7. The zero-order valence-electron chi connectivity index (χ0n) is 21.9. The van der Waals surface area contributed by atoms with Gasteiger partial charge >= 0.3 is 5.97 Å². The van der Waals surface area contributed by atoms with Crippen LogP contribution in [-0.4, -0.2) is 44.9 Å². The van der Waals surface area contributed by atoms with E-state index in [0.29, 0.717) is 34.4 Å². The van der Waals surface area contributed by atoms with E-state index < -0.39 is 5.97 Å². The monoisotopic (exact) mass is 543 g/mol. The number of thioether (sulfide) groups is 1. The molecule has 0 aliphatic heterocycles. The lowest BCUT2D eigenvalue weighted by molar-refractivity contribution is -0.113. The number of esters is 1. The van der Waals surface area contributed by atoms with Crippen LogP contribution in [0.1, 0.15) is 44.6 Å². The number of anilines is 1. The largest absolute Gasteiger partial charge is 0.462 e. The van der Waals surface area contributed by atoms with Gasteiger partial charge in [-0.25, -0.2) is 4.79 Å². The Morgan fingerprint density at radius 3 is 2.31 bits per heavy atom. The number of hydrogen-bond donors (Lipinski definition) is 2. The molecule has 10 heteroatoms. The van der Waals surface area contributed by atoms with Crippen LogP contribution in [0.3, 0.4) is 0 Å². The molecule has 2 N–H and O–H groups in total. The van der Waals surface area contributed by atoms with Crippen molar-refractivity contribution in [3.8, 4) is 5.69 Å². The highest BCUT2D eigenvalue weighted by molar-refractivity contribution is 7.99. The fourth-order valence-corrected chi connectivity index (χ4v) is 4.49. The normalized spacial score (nSPS) is 10.6. The third-order valence-corrected chi connectivity index (χ3v) is 6.83. The Morgan fingerprint density at radius 2 is 1.62 bits per heavy atom. The number of amides is 2. The van der Waals surface area contributed by atoms with E-state index in [1.165, 1.54) is 11.8 Å². The topological polar surface area (TPSA) is 115 Å².